The standard InChI is InChI=1S/C24H28N2O3S/c27-23(26-12-14-30-21-10-5-4-9-20(21)26)16-25-15-22(24(18-25)11-6-13-29-24)28-17-19-7-2-1-3-8-19/h1-5,7-10,22H,6,11-18H2/t22-,24-/m0/s1. The van der Waals surface area contributed by atoms with Crippen LogP contribution >= 0.6 is 11.8 Å². The van der Waals surface area contributed by atoms with Crippen molar-refractivity contribution < 1.29 is 14.3 Å². The molecule has 2 atom stereocenters. The number of thioether (sulfide) groups is 1. The highest BCUT2D eigenvalue weighted by molar-refractivity contribution is 7.99. The molecule has 0 radical (unpaired) electrons. The molecule has 2 saturated heterocycles. The zero-order chi connectivity index (χ0) is 20.4. The van der Waals surface area contributed by atoms with Gasteiger partial charge in [-0.25, -0.2) is 0 Å². The van der Waals surface area contributed by atoms with Crippen LogP contribution in [0.25, 0.3) is 0 Å². The molecule has 0 aliphatic carbocycles. The van der Waals surface area contributed by atoms with Gasteiger partial charge in [0.1, 0.15) is 11.7 Å². The van der Waals surface area contributed by atoms with Crippen molar-refractivity contribution in [2.75, 3.05) is 43.4 Å². The minimum atomic E-state index is -0.273. The second-order valence-electron chi connectivity index (χ2n) is 8.33. The van der Waals surface area contributed by atoms with Gasteiger partial charge in [0.05, 0.1) is 18.8 Å². The summed E-state index contributed by atoms with van der Waals surface area (Å²) in [5.41, 5.74) is 1.94. The number of likely N-dealkylation sites (tertiary alicyclic amines) is 1. The van der Waals surface area contributed by atoms with Gasteiger partial charge < -0.3 is 14.4 Å². The van der Waals surface area contributed by atoms with E-state index in [0.29, 0.717) is 13.2 Å². The lowest BCUT2D eigenvalue weighted by Crippen LogP contribution is -2.44. The van der Waals surface area contributed by atoms with Crippen LogP contribution in [0.15, 0.2) is 59.5 Å². The second kappa shape index (κ2) is 8.71. The van der Waals surface area contributed by atoms with E-state index in [1.54, 1.807) is 0 Å². The van der Waals surface area contributed by atoms with E-state index in [9.17, 15) is 4.79 Å². The first kappa shape index (κ1) is 20.1. The molecule has 0 saturated carbocycles. The van der Waals surface area contributed by atoms with Crippen molar-refractivity contribution in [2.45, 2.75) is 36.0 Å². The number of fused-ring (bicyclic) bond motifs is 1. The molecule has 0 aromatic heterocycles. The molecule has 2 fully saturated rings. The maximum absolute atomic E-state index is 13.2. The molecule has 2 aromatic rings. The normalized spacial score (nSPS) is 26.3. The largest absolute Gasteiger partial charge is 0.371 e. The number of para-hydroxylation sites is 1. The summed E-state index contributed by atoms with van der Waals surface area (Å²) in [6, 6.07) is 18.5. The highest BCUT2D eigenvalue weighted by atomic mass is 32.2. The van der Waals surface area contributed by atoms with E-state index in [2.05, 4.69) is 29.2 Å². The molecule has 6 heteroatoms. The summed E-state index contributed by atoms with van der Waals surface area (Å²) < 4.78 is 12.6. The molecule has 3 aliphatic rings. The van der Waals surface area contributed by atoms with E-state index in [-0.39, 0.29) is 17.6 Å². The summed E-state index contributed by atoms with van der Waals surface area (Å²) in [4.78, 5) is 18.6. The molecule has 3 aliphatic heterocycles. The maximum atomic E-state index is 13.2. The number of nitrogens with zero attached hydrogens (tertiary/aromatic N) is 2. The molecule has 1 spiro atoms. The number of carbonyl (C=O) groups excluding carboxylic acids is 1. The Hall–Kier alpha value is -1.86. The average molecular weight is 425 g/mol. The minimum Gasteiger partial charge on any atom is -0.371 e. The van der Waals surface area contributed by atoms with Crippen molar-refractivity contribution in [3.63, 3.8) is 0 Å². The molecular weight excluding hydrogens is 396 g/mol. The van der Waals surface area contributed by atoms with Gasteiger partial charge in [0.2, 0.25) is 5.91 Å². The third-order valence-electron chi connectivity index (χ3n) is 6.32. The van der Waals surface area contributed by atoms with Crippen molar-refractivity contribution in [1.82, 2.24) is 4.90 Å². The topological polar surface area (TPSA) is 42.0 Å². The minimum absolute atomic E-state index is 0.00259. The Kier molecular flexibility index (Phi) is 5.83. The van der Waals surface area contributed by atoms with Gasteiger partial charge in [0.15, 0.2) is 0 Å². The second-order valence-corrected chi connectivity index (χ2v) is 9.47. The fourth-order valence-corrected chi connectivity index (χ4v) is 5.84. The summed E-state index contributed by atoms with van der Waals surface area (Å²) in [7, 11) is 0. The Balaban J connectivity index is 1.26. The van der Waals surface area contributed by atoms with E-state index in [4.69, 9.17) is 9.47 Å². The highest BCUT2D eigenvalue weighted by Crippen LogP contribution is 2.38. The lowest BCUT2D eigenvalue weighted by molar-refractivity contribution is -0.119. The molecule has 3 heterocycles. The Labute approximate surface area is 182 Å². The monoisotopic (exact) mass is 424 g/mol. The van der Waals surface area contributed by atoms with Crippen molar-refractivity contribution >= 4 is 23.4 Å². The van der Waals surface area contributed by atoms with Crippen LogP contribution in [0.1, 0.15) is 18.4 Å². The predicted octanol–water partition coefficient (Wildman–Crippen LogP) is 3.58. The number of anilines is 1. The summed E-state index contributed by atoms with van der Waals surface area (Å²) in [5, 5.41) is 0. The predicted molar refractivity (Wildman–Crippen MR) is 119 cm³/mol. The summed E-state index contributed by atoms with van der Waals surface area (Å²) in [6.45, 7) is 4.04. The van der Waals surface area contributed by atoms with Crippen molar-refractivity contribution in [3.8, 4) is 0 Å². The van der Waals surface area contributed by atoms with Crippen LogP contribution < -0.4 is 4.90 Å². The van der Waals surface area contributed by atoms with Crippen LogP contribution in [0.3, 0.4) is 0 Å². The van der Waals surface area contributed by atoms with Gasteiger partial charge >= 0.3 is 0 Å². The number of hydrogen-bond donors (Lipinski definition) is 0. The molecule has 0 unspecified atom stereocenters. The summed E-state index contributed by atoms with van der Waals surface area (Å²) in [5.74, 6) is 1.11. The third-order valence-corrected chi connectivity index (χ3v) is 7.36. The van der Waals surface area contributed by atoms with Crippen LogP contribution in [-0.4, -0.2) is 61.1 Å². The van der Waals surface area contributed by atoms with Crippen LogP contribution in [0, 0.1) is 0 Å². The Morgan fingerprint density at radius 1 is 1.17 bits per heavy atom. The first-order chi connectivity index (χ1) is 14.7. The van der Waals surface area contributed by atoms with Crippen LogP contribution in [0.4, 0.5) is 5.69 Å². The number of carbonyl (C=O) groups is 1. The van der Waals surface area contributed by atoms with Crippen molar-refractivity contribution in [3.05, 3.63) is 60.2 Å². The van der Waals surface area contributed by atoms with E-state index < -0.39 is 0 Å². The van der Waals surface area contributed by atoms with Crippen molar-refractivity contribution in [2.24, 2.45) is 0 Å². The third kappa shape index (κ3) is 4.02. The van der Waals surface area contributed by atoms with E-state index in [1.807, 2.05) is 47.0 Å². The summed E-state index contributed by atoms with van der Waals surface area (Å²) in [6.07, 6.45) is 2.06. The Morgan fingerprint density at radius 3 is 2.83 bits per heavy atom. The average Bonchev–Trinajstić information content (AvgIpc) is 3.39. The van der Waals surface area contributed by atoms with E-state index in [1.165, 1.54) is 10.5 Å². The van der Waals surface area contributed by atoms with Gasteiger partial charge in [-0.3, -0.25) is 9.69 Å². The fourth-order valence-electron chi connectivity index (χ4n) is 4.84. The Bertz CT molecular complexity index is 885. The molecule has 1 amide bonds. The lowest BCUT2D eigenvalue weighted by Gasteiger charge is -2.31. The summed E-state index contributed by atoms with van der Waals surface area (Å²) >= 11 is 1.83. The smallest absolute Gasteiger partial charge is 0.241 e. The molecule has 158 valence electrons. The Morgan fingerprint density at radius 2 is 2.00 bits per heavy atom. The van der Waals surface area contributed by atoms with E-state index >= 15 is 0 Å². The van der Waals surface area contributed by atoms with Crippen molar-refractivity contribution in [1.29, 1.82) is 0 Å². The van der Waals surface area contributed by atoms with Crippen LogP contribution in [-0.2, 0) is 20.9 Å². The first-order valence-corrected chi connectivity index (χ1v) is 11.8. The van der Waals surface area contributed by atoms with Gasteiger partial charge in [0, 0.05) is 36.9 Å². The molecule has 30 heavy (non-hydrogen) atoms. The van der Waals surface area contributed by atoms with E-state index in [0.717, 1.165) is 50.5 Å². The van der Waals surface area contributed by atoms with Gasteiger partial charge in [0.25, 0.3) is 0 Å². The lowest BCUT2D eigenvalue weighted by atomic mass is 9.96. The van der Waals surface area contributed by atoms with Gasteiger partial charge in [-0.05, 0) is 30.5 Å². The number of amides is 1. The van der Waals surface area contributed by atoms with Gasteiger partial charge in [-0.2, -0.15) is 0 Å². The zero-order valence-corrected chi connectivity index (χ0v) is 18.0. The molecule has 0 N–H and O–H groups in total. The van der Waals surface area contributed by atoms with Gasteiger partial charge in [-0.15, -0.1) is 11.8 Å². The molecule has 5 rings (SSSR count). The quantitative estimate of drug-likeness (QED) is 0.734. The number of hydrogen-bond acceptors (Lipinski definition) is 5. The molecular formula is C24H28N2O3S. The van der Waals surface area contributed by atoms with Crippen LogP contribution in [0.5, 0.6) is 0 Å². The number of ether oxygens (including phenoxy) is 2. The highest BCUT2D eigenvalue weighted by Gasteiger charge is 2.51. The number of rotatable bonds is 5. The number of benzene rings is 2. The molecule has 5 nitrogen and oxygen atoms in total. The zero-order valence-electron chi connectivity index (χ0n) is 17.2. The van der Waals surface area contributed by atoms with Gasteiger partial charge in [-0.1, -0.05) is 42.5 Å². The fraction of sp³-hybridized carbons (Fsp3) is 0.458. The van der Waals surface area contributed by atoms with Crippen LogP contribution in [0.2, 0.25) is 0 Å². The molecule has 2 aromatic carbocycles. The maximum Gasteiger partial charge on any atom is 0.241 e. The SMILES string of the molecule is O=C(CN1C[C@H](OCc2ccccc2)[C@]2(CCCO2)C1)N1CCSc2ccccc21. The molecule has 0 bridgehead atoms. The first-order valence-electron chi connectivity index (χ1n) is 10.8.